The molecule has 0 bridgehead atoms. The standard InChI is InChI=1S/C17H20ClN3O2/c1-10(2)20-12-5-6-19-15(8-12)17(22)21-14-7-11(3)13(18)9-16(14)23-4/h5-10H,1-4H3,(H,19,20)(H,21,22). The van der Waals surface area contributed by atoms with Gasteiger partial charge in [0.2, 0.25) is 0 Å². The molecule has 6 heteroatoms. The molecule has 1 aromatic heterocycles. The fourth-order valence-corrected chi connectivity index (χ4v) is 2.25. The van der Waals surface area contributed by atoms with Gasteiger partial charge in [-0.05, 0) is 44.5 Å². The van der Waals surface area contributed by atoms with Crippen molar-refractivity contribution in [2.45, 2.75) is 26.8 Å². The zero-order valence-corrected chi connectivity index (χ0v) is 14.4. The third kappa shape index (κ3) is 4.36. The Balaban J connectivity index is 2.24. The van der Waals surface area contributed by atoms with Crippen LogP contribution < -0.4 is 15.4 Å². The van der Waals surface area contributed by atoms with Crippen LogP contribution in [0.1, 0.15) is 29.9 Å². The summed E-state index contributed by atoms with van der Waals surface area (Å²) in [6.45, 7) is 5.92. The number of aryl methyl sites for hydroxylation is 1. The summed E-state index contributed by atoms with van der Waals surface area (Å²) in [6, 6.07) is 7.26. The van der Waals surface area contributed by atoms with E-state index in [1.54, 1.807) is 24.4 Å². The van der Waals surface area contributed by atoms with Crippen molar-refractivity contribution >= 4 is 28.9 Å². The minimum absolute atomic E-state index is 0.271. The number of hydrogen-bond acceptors (Lipinski definition) is 4. The van der Waals surface area contributed by atoms with E-state index >= 15 is 0 Å². The normalized spacial score (nSPS) is 10.5. The first kappa shape index (κ1) is 17.1. The lowest BCUT2D eigenvalue weighted by Crippen LogP contribution is -2.16. The van der Waals surface area contributed by atoms with Gasteiger partial charge >= 0.3 is 0 Å². The zero-order valence-electron chi connectivity index (χ0n) is 13.6. The van der Waals surface area contributed by atoms with E-state index < -0.39 is 0 Å². The van der Waals surface area contributed by atoms with E-state index in [9.17, 15) is 4.79 Å². The lowest BCUT2D eigenvalue weighted by molar-refractivity contribution is 0.102. The minimum atomic E-state index is -0.308. The molecule has 5 nitrogen and oxygen atoms in total. The largest absolute Gasteiger partial charge is 0.495 e. The van der Waals surface area contributed by atoms with Gasteiger partial charge in [0.15, 0.2) is 0 Å². The lowest BCUT2D eigenvalue weighted by atomic mass is 10.2. The van der Waals surface area contributed by atoms with Crippen LogP contribution in [0.3, 0.4) is 0 Å². The first-order valence-electron chi connectivity index (χ1n) is 7.28. The maximum atomic E-state index is 12.4. The summed E-state index contributed by atoms with van der Waals surface area (Å²) in [5.41, 5.74) is 2.58. The molecule has 0 saturated heterocycles. The number of anilines is 2. The van der Waals surface area contributed by atoms with E-state index in [-0.39, 0.29) is 11.9 Å². The van der Waals surface area contributed by atoms with Gasteiger partial charge in [0.1, 0.15) is 11.4 Å². The molecular formula is C17H20ClN3O2. The van der Waals surface area contributed by atoms with Crippen LogP contribution >= 0.6 is 11.6 Å². The second-order valence-corrected chi connectivity index (χ2v) is 5.89. The second-order valence-electron chi connectivity index (χ2n) is 5.48. The summed E-state index contributed by atoms with van der Waals surface area (Å²) in [6.07, 6.45) is 1.60. The molecule has 1 aromatic carbocycles. The molecule has 0 radical (unpaired) electrons. The first-order chi connectivity index (χ1) is 10.9. The minimum Gasteiger partial charge on any atom is -0.495 e. The molecule has 122 valence electrons. The molecule has 23 heavy (non-hydrogen) atoms. The number of carbonyl (C=O) groups is 1. The third-order valence-corrected chi connectivity index (χ3v) is 3.58. The van der Waals surface area contributed by atoms with E-state index in [4.69, 9.17) is 16.3 Å². The monoisotopic (exact) mass is 333 g/mol. The Morgan fingerprint density at radius 1 is 1.30 bits per heavy atom. The van der Waals surface area contributed by atoms with Crippen molar-refractivity contribution in [3.8, 4) is 5.75 Å². The molecule has 0 aliphatic heterocycles. The van der Waals surface area contributed by atoms with Crippen molar-refractivity contribution in [1.82, 2.24) is 4.98 Å². The van der Waals surface area contributed by atoms with Crippen LogP contribution in [0.25, 0.3) is 0 Å². The highest BCUT2D eigenvalue weighted by molar-refractivity contribution is 6.31. The average Bonchev–Trinajstić information content (AvgIpc) is 2.50. The van der Waals surface area contributed by atoms with Crippen LogP contribution in [0.5, 0.6) is 5.75 Å². The number of pyridine rings is 1. The Labute approximate surface area is 141 Å². The van der Waals surface area contributed by atoms with Crippen LogP contribution in [0.15, 0.2) is 30.5 Å². The number of benzene rings is 1. The number of nitrogens with one attached hydrogen (secondary N) is 2. The third-order valence-electron chi connectivity index (χ3n) is 3.18. The predicted octanol–water partition coefficient (Wildman–Crippen LogP) is 4.12. The average molecular weight is 334 g/mol. The van der Waals surface area contributed by atoms with Gasteiger partial charge in [0.25, 0.3) is 5.91 Å². The quantitative estimate of drug-likeness (QED) is 0.863. The number of carbonyl (C=O) groups excluding carboxylic acids is 1. The number of hydrogen-bond donors (Lipinski definition) is 2. The van der Waals surface area contributed by atoms with Crippen LogP contribution in [-0.4, -0.2) is 24.0 Å². The molecule has 2 aromatic rings. The van der Waals surface area contributed by atoms with Crippen molar-refractivity contribution in [3.63, 3.8) is 0 Å². The smallest absolute Gasteiger partial charge is 0.274 e. The number of nitrogens with zero attached hydrogens (tertiary/aromatic N) is 1. The number of ether oxygens (including phenoxy) is 1. The summed E-state index contributed by atoms with van der Waals surface area (Å²) in [5.74, 6) is 0.197. The van der Waals surface area contributed by atoms with Crippen molar-refractivity contribution < 1.29 is 9.53 Å². The Hall–Kier alpha value is -2.27. The summed E-state index contributed by atoms with van der Waals surface area (Å²) in [7, 11) is 1.53. The van der Waals surface area contributed by atoms with Gasteiger partial charge in [0, 0.05) is 29.0 Å². The number of methoxy groups -OCH3 is 1. The van der Waals surface area contributed by atoms with Crippen molar-refractivity contribution in [2.75, 3.05) is 17.7 Å². The number of halogens is 1. The Morgan fingerprint density at radius 3 is 2.70 bits per heavy atom. The summed E-state index contributed by atoms with van der Waals surface area (Å²) in [5, 5.41) is 6.64. The number of amides is 1. The van der Waals surface area contributed by atoms with E-state index in [0.717, 1.165) is 11.3 Å². The lowest BCUT2D eigenvalue weighted by Gasteiger charge is -2.13. The number of rotatable bonds is 5. The van der Waals surface area contributed by atoms with Gasteiger partial charge in [-0.3, -0.25) is 9.78 Å². The molecular weight excluding hydrogens is 314 g/mol. The van der Waals surface area contributed by atoms with Crippen molar-refractivity contribution in [2.24, 2.45) is 0 Å². The predicted molar refractivity (Wildman–Crippen MR) is 93.7 cm³/mol. The summed E-state index contributed by atoms with van der Waals surface area (Å²) < 4.78 is 5.26. The maximum absolute atomic E-state index is 12.4. The van der Waals surface area contributed by atoms with Crippen molar-refractivity contribution in [3.05, 3.63) is 46.7 Å². The van der Waals surface area contributed by atoms with E-state index in [1.165, 1.54) is 7.11 Å². The molecule has 0 spiro atoms. The molecule has 0 aliphatic carbocycles. The Morgan fingerprint density at radius 2 is 2.04 bits per heavy atom. The first-order valence-corrected chi connectivity index (χ1v) is 7.66. The highest BCUT2D eigenvalue weighted by atomic mass is 35.5. The molecule has 0 saturated carbocycles. The SMILES string of the molecule is COc1cc(Cl)c(C)cc1NC(=O)c1cc(NC(C)C)ccn1. The van der Waals surface area contributed by atoms with Crippen molar-refractivity contribution in [1.29, 1.82) is 0 Å². The highest BCUT2D eigenvalue weighted by Gasteiger charge is 2.13. The molecule has 2 rings (SSSR count). The fraction of sp³-hybridized carbons (Fsp3) is 0.294. The topological polar surface area (TPSA) is 63.2 Å². The summed E-state index contributed by atoms with van der Waals surface area (Å²) >= 11 is 6.07. The molecule has 0 aliphatic rings. The Bertz CT molecular complexity index is 717. The van der Waals surface area contributed by atoms with E-state index in [1.807, 2.05) is 26.8 Å². The molecule has 1 heterocycles. The van der Waals surface area contributed by atoms with Crippen LogP contribution in [-0.2, 0) is 0 Å². The molecule has 0 fully saturated rings. The van der Waals surface area contributed by atoms with E-state index in [0.29, 0.717) is 22.2 Å². The summed E-state index contributed by atoms with van der Waals surface area (Å²) in [4.78, 5) is 16.5. The molecule has 1 amide bonds. The van der Waals surface area contributed by atoms with Gasteiger partial charge in [-0.25, -0.2) is 0 Å². The Kier molecular flexibility index (Phi) is 5.45. The molecule has 0 atom stereocenters. The van der Waals surface area contributed by atoms with Crippen LogP contribution in [0, 0.1) is 6.92 Å². The van der Waals surface area contributed by atoms with Gasteiger partial charge in [-0.2, -0.15) is 0 Å². The highest BCUT2D eigenvalue weighted by Crippen LogP contribution is 2.31. The number of aromatic nitrogens is 1. The second kappa shape index (κ2) is 7.33. The molecule has 2 N–H and O–H groups in total. The zero-order chi connectivity index (χ0) is 17.0. The maximum Gasteiger partial charge on any atom is 0.274 e. The van der Waals surface area contributed by atoms with Gasteiger partial charge in [-0.15, -0.1) is 0 Å². The van der Waals surface area contributed by atoms with Crippen LogP contribution in [0.4, 0.5) is 11.4 Å². The van der Waals surface area contributed by atoms with Gasteiger partial charge in [-0.1, -0.05) is 11.6 Å². The van der Waals surface area contributed by atoms with Crippen LogP contribution in [0.2, 0.25) is 5.02 Å². The molecule has 0 unspecified atom stereocenters. The fourth-order valence-electron chi connectivity index (χ4n) is 2.09. The van der Waals surface area contributed by atoms with Gasteiger partial charge < -0.3 is 15.4 Å². The van der Waals surface area contributed by atoms with E-state index in [2.05, 4.69) is 15.6 Å². The van der Waals surface area contributed by atoms with Gasteiger partial charge in [0.05, 0.1) is 12.8 Å².